The van der Waals surface area contributed by atoms with Gasteiger partial charge in [-0.05, 0) is 42.8 Å². The minimum atomic E-state index is -1.35. The van der Waals surface area contributed by atoms with Gasteiger partial charge in [-0.1, -0.05) is 41.5 Å². The molecule has 94 valence electrons. The lowest BCUT2D eigenvalue weighted by Crippen LogP contribution is -2.37. The topological polar surface area (TPSA) is 0 Å². The Bertz CT molecular complexity index is 213. The molecule has 0 radical (unpaired) electrons. The number of hydrogen-bond acceptors (Lipinski definition) is 0. The van der Waals surface area contributed by atoms with Crippen molar-refractivity contribution < 1.29 is 0 Å². The number of rotatable bonds is 6. The van der Waals surface area contributed by atoms with Crippen molar-refractivity contribution in [3.63, 3.8) is 0 Å². The molecule has 0 unspecified atom stereocenters. The van der Waals surface area contributed by atoms with Gasteiger partial charge in [0.25, 0.3) is 0 Å². The maximum Gasteiger partial charge on any atom is 0.139 e. The highest BCUT2D eigenvalue weighted by Crippen LogP contribution is 2.31. The average Bonchev–Trinajstić information content (AvgIpc) is 1.98. The van der Waals surface area contributed by atoms with Crippen LogP contribution in [0.2, 0.25) is 18.1 Å². The summed E-state index contributed by atoms with van der Waals surface area (Å²) in [5.41, 5.74) is 3.68. The van der Waals surface area contributed by atoms with Crippen LogP contribution in [0.1, 0.15) is 48.5 Å². The van der Waals surface area contributed by atoms with Crippen molar-refractivity contribution in [3.05, 3.63) is 0 Å². The molecule has 0 fully saturated rings. The summed E-state index contributed by atoms with van der Waals surface area (Å²) < 4.78 is 0. The predicted molar refractivity (Wildman–Crippen MR) is 78.1 cm³/mol. The fourth-order valence-electron chi connectivity index (χ4n) is 3.01. The first-order chi connectivity index (χ1) is 7.31. The van der Waals surface area contributed by atoms with Crippen LogP contribution in [-0.4, -0.2) is 8.07 Å². The molecule has 0 N–H and O–H groups in total. The molecule has 0 nitrogen and oxygen atoms in total. The highest BCUT2D eigenvalue weighted by molar-refractivity contribution is 6.87. The van der Waals surface area contributed by atoms with Gasteiger partial charge in [-0.2, -0.15) is 0 Å². The van der Waals surface area contributed by atoms with E-state index in [2.05, 4.69) is 53.0 Å². The van der Waals surface area contributed by atoms with Crippen molar-refractivity contribution >= 4 is 8.07 Å². The highest BCUT2D eigenvalue weighted by Gasteiger charge is 2.33. The standard InChI is InChI=1S/C15H30Si/c1-8-9-16(10-13(2)3,11-14(4)5)12-15(6)7/h13-15H,10-12H2,1-7H3. The van der Waals surface area contributed by atoms with E-state index in [0.29, 0.717) is 0 Å². The van der Waals surface area contributed by atoms with Crippen LogP contribution < -0.4 is 0 Å². The summed E-state index contributed by atoms with van der Waals surface area (Å²) in [5, 5.41) is 0. The normalized spacial score (nSPS) is 12.1. The fourth-order valence-corrected chi connectivity index (χ4v) is 9.04. The van der Waals surface area contributed by atoms with Crippen molar-refractivity contribution in [2.75, 3.05) is 0 Å². The number of hydrogen-bond donors (Lipinski definition) is 0. The Morgan fingerprint density at radius 2 is 1.06 bits per heavy atom. The summed E-state index contributed by atoms with van der Waals surface area (Å²) in [6.45, 7) is 16.1. The lowest BCUT2D eigenvalue weighted by molar-refractivity contribution is 0.650. The minimum absolute atomic E-state index is 0.796. The summed E-state index contributed by atoms with van der Waals surface area (Å²) in [6, 6.07) is 4.14. The first-order valence-electron chi connectivity index (χ1n) is 6.75. The molecule has 16 heavy (non-hydrogen) atoms. The van der Waals surface area contributed by atoms with Crippen LogP contribution in [0.4, 0.5) is 0 Å². The average molecular weight is 238 g/mol. The van der Waals surface area contributed by atoms with Crippen LogP contribution in [0.3, 0.4) is 0 Å². The molecule has 0 amide bonds. The van der Waals surface area contributed by atoms with E-state index in [1.165, 1.54) is 18.1 Å². The molecular weight excluding hydrogens is 208 g/mol. The Morgan fingerprint density at radius 1 is 0.750 bits per heavy atom. The van der Waals surface area contributed by atoms with E-state index in [0.717, 1.165) is 17.8 Å². The van der Waals surface area contributed by atoms with Crippen LogP contribution in [-0.2, 0) is 0 Å². The molecule has 0 aliphatic heterocycles. The second-order valence-electron chi connectivity index (χ2n) is 6.45. The van der Waals surface area contributed by atoms with Crippen molar-refractivity contribution in [2.45, 2.75) is 66.6 Å². The van der Waals surface area contributed by atoms with Gasteiger partial charge < -0.3 is 0 Å². The lowest BCUT2D eigenvalue weighted by Gasteiger charge is -2.31. The second kappa shape index (κ2) is 7.17. The maximum atomic E-state index is 3.68. The highest BCUT2D eigenvalue weighted by atomic mass is 28.3. The first kappa shape index (κ1) is 15.8. The third-order valence-electron chi connectivity index (χ3n) is 2.79. The van der Waals surface area contributed by atoms with Gasteiger partial charge in [0.2, 0.25) is 0 Å². The molecular formula is C15H30Si. The molecule has 1 heteroatoms. The molecule has 0 saturated heterocycles. The zero-order valence-corrected chi connectivity index (χ0v) is 13.4. The van der Waals surface area contributed by atoms with Gasteiger partial charge in [0.05, 0.1) is 0 Å². The van der Waals surface area contributed by atoms with E-state index in [1.54, 1.807) is 0 Å². The zero-order valence-electron chi connectivity index (χ0n) is 12.4. The Morgan fingerprint density at radius 3 is 1.25 bits per heavy atom. The quantitative estimate of drug-likeness (QED) is 0.453. The van der Waals surface area contributed by atoms with Gasteiger partial charge >= 0.3 is 0 Å². The molecule has 0 bridgehead atoms. The fraction of sp³-hybridized carbons (Fsp3) is 0.867. The largest absolute Gasteiger partial charge is 0.139 e. The van der Waals surface area contributed by atoms with Crippen LogP contribution in [0.15, 0.2) is 0 Å². The second-order valence-corrected chi connectivity index (χ2v) is 10.5. The van der Waals surface area contributed by atoms with Crippen molar-refractivity contribution in [1.29, 1.82) is 0 Å². The smallest absolute Gasteiger partial charge is 0.131 e. The molecule has 0 saturated carbocycles. The van der Waals surface area contributed by atoms with Crippen molar-refractivity contribution in [1.82, 2.24) is 0 Å². The third-order valence-corrected chi connectivity index (χ3v) is 8.36. The van der Waals surface area contributed by atoms with Crippen molar-refractivity contribution in [2.24, 2.45) is 17.8 Å². The molecule has 0 aliphatic carbocycles. The summed E-state index contributed by atoms with van der Waals surface area (Å²) in [4.78, 5) is 0. The van der Waals surface area contributed by atoms with E-state index >= 15 is 0 Å². The zero-order chi connectivity index (χ0) is 12.8. The van der Waals surface area contributed by atoms with E-state index in [9.17, 15) is 0 Å². The monoisotopic (exact) mass is 238 g/mol. The van der Waals surface area contributed by atoms with Gasteiger partial charge in [0.1, 0.15) is 8.07 Å². The molecule has 0 heterocycles. The summed E-state index contributed by atoms with van der Waals surface area (Å²) >= 11 is 0. The Labute approximate surface area is 104 Å². The van der Waals surface area contributed by atoms with Crippen LogP contribution >= 0.6 is 0 Å². The Hall–Kier alpha value is -0.223. The Balaban J connectivity index is 4.93. The van der Waals surface area contributed by atoms with Crippen LogP contribution in [0.5, 0.6) is 0 Å². The lowest BCUT2D eigenvalue weighted by atomic mass is 10.2. The molecule has 0 aromatic heterocycles. The van der Waals surface area contributed by atoms with E-state index in [1.807, 2.05) is 6.92 Å². The van der Waals surface area contributed by atoms with Gasteiger partial charge in [0.15, 0.2) is 0 Å². The first-order valence-corrected chi connectivity index (χ1v) is 9.37. The molecule has 0 spiro atoms. The maximum absolute atomic E-state index is 3.68. The summed E-state index contributed by atoms with van der Waals surface area (Å²) in [6.07, 6.45) is 0. The van der Waals surface area contributed by atoms with Gasteiger partial charge in [-0.3, -0.25) is 0 Å². The van der Waals surface area contributed by atoms with E-state index in [4.69, 9.17) is 0 Å². The molecule has 0 aromatic carbocycles. The molecule has 0 aromatic rings. The van der Waals surface area contributed by atoms with Gasteiger partial charge in [-0.15, -0.1) is 11.5 Å². The van der Waals surface area contributed by atoms with Crippen LogP contribution in [0, 0.1) is 29.2 Å². The summed E-state index contributed by atoms with van der Waals surface area (Å²) in [7, 11) is -1.35. The third kappa shape index (κ3) is 6.38. The van der Waals surface area contributed by atoms with E-state index < -0.39 is 8.07 Å². The minimum Gasteiger partial charge on any atom is -0.131 e. The molecule has 0 rings (SSSR count). The van der Waals surface area contributed by atoms with Gasteiger partial charge in [0, 0.05) is 0 Å². The summed E-state index contributed by atoms with van der Waals surface area (Å²) in [5.74, 6) is 5.63. The molecule has 0 aliphatic rings. The van der Waals surface area contributed by atoms with E-state index in [-0.39, 0.29) is 0 Å². The van der Waals surface area contributed by atoms with Crippen LogP contribution in [0.25, 0.3) is 0 Å². The SMILES string of the molecule is CC#C[Si](CC(C)C)(CC(C)C)CC(C)C. The van der Waals surface area contributed by atoms with Gasteiger partial charge in [-0.25, -0.2) is 0 Å². The Kier molecular flexibility index (Phi) is 7.07. The predicted octanol–water partition coefficient (Wildman–Crippen LogP) is 4.97. The molecule has 0 atom stereocenters. The van der Waals surface area contributed by atoms with Crippen molar-refractivity contribution in [3.8, 4) is 11.5 Å².